The van der Waals surface area contributed by atoms with Crippen molar-refractivity contribution in [1.29, 1.82) is 0 Å². The highest BCUT2D eigenvalue weighted by atomic mass is 79.9. The van der Waals surface area contributed by atoms with Crippen molar-refractivity contribution in [3.8, 4) is 0 Å². The third-order valence-electron chi connectivity index (χ3n) is 2.46. The SMILES string of the molecule is Cc1cc(NCc2sccc2Br)c(N)cc1F. The Hall–Kier alpha value is -1.07. The molecule has 5 heteroatoms. The Morgan fingerprint density at radius 2 is 2.24 bits per heavy atom. The molecule has 3 N–H and O–H groups in total. The highest BCUT2D eigenvalue weighted by Gasteiger charge is 2.06. The molecule has 0 spiro atoms. The first kappa shape index (κ1) is 12.4. The van der Waals surface area contributed by atoms with Crippen molar-refractivity contribution in [1.82, 2.24) is 0 Å². The molecule has 0 atom stereocenters. The molecule has 0 bridgehead atoms. The van der Waals surface area contributed by atoms with Crippen LogP contribution in [0.15, 0.2) is 28.1 Å². The van der Waals surface area contributed by atoms with Gasteiger partial charge in [-0.2, -0.15) is 0 Å². The molecular weight excluding hydrogens is 303 g/mol. The molecule has 90 valence electrons. The van der Waals surface area contributed by atoms with Crippen molar-refractivity contribution in [2.75, 3.05) is 11.1 Å². The van der Waals surface area contributed by atoms with Gasteiger partial charge >= 0.3 is 0 Å². The molecule has 0 aliphatic rings. The fraction of sp³-hybridized carbons (Fsp3) is 0.167. The van der Waals surface area contributed by atoms with E-state index in [-0.39, 0.29) is 5.82 Å². The van der Waals surface area contributed by atoms with Crippen LogP contribution in [0.5, 0.6) is 0 Å². The third kappa shape index (κ3) is 2.79. The van der Waals surface area contributed by atoms with Gasteiger partial charge in [-0.05, 0) is 52.0 Å². The maximum Gasteiger partial charge on any atom is 0.128 e. The predicted molar refractivity (Wildman–Crippen MR) is 74.9 cm³/mol. The fourth-order valence-electron chi connectivity index (χ4n) is 1.48. The second kappa shape index (κ2) is 5.06. The first-order chi connectivity index (χ1) is 8.08. The molecule has 1 heterocycles. The standard InChI is InChI=1S/C12H12BrFN2S/c1-7-4-11(10(15)5-9(7)14)16-6-12-8(13)2-3-17-12/h2-5,16H,6,15H2,1H3. The van der Waals surface area contributed by atoms with Crippen molar-refractivity contribution < 1.29 is 4.39 Å². The summed E-state index contributed by atoms with van der Waals surface area (Å²) in [6.07, 6.45) is 0. The van der Waals surface area contributed by atoms with Gasteiger partial charge < -0.3 is 11.1 Å². The summed E-state index contributed by atoms with van der Waals surface area (Å²) >= 11 is 5.12. The minimum Gasteiger partial charge on any atom is -0.397 e. The summed E-state index contributed by atoms with van der Waals surface area (Å²) < 4.78 is 14.3. The van der Waals surface area contributed by atoms with Gasteiger partial charge in [0.05, 0.1) is 17.9 Å². The number of halogens is 2. The molecule has 0 aliphatic carbocycles. The minimum absolute atomic E-state index is 0.273. The van der Waals surface area contributed by atoms with Gasteiger partial charge in [-0.3, -0.25) is 0 Å². The van der Waals surface area contributed by atoms with Gasteiger partial charge in [0.2, 0.25) is 0 Å². The molecule has 2 rings (SSSR count). The lowest BCUT2D eigenvalue weighted by atomic mass is 10.2. The van der Waals surface area contributed by atoms with Crippen LogP contribution in [0.4, 0.5) is 15.8 Å². The molecule has 0 fully saturated rings. The van der Waals surface area contributed by atoms with E-state index in [1.54, 1.807) is 24.3 Å². The number of thiophene rings is 1. The Bertz CT molecular complexity index is 539. The van der Waals surface area contributed by atoms with Crippen LogP contribution in [-0.4, -0.2) is 0 Å². The van der Waals surface area contributed by atoms with E-state index in [1.165, 1.54) is 10.9 Å². The van der Waals surface area contributed by atoms with Crippen molar-refractivity contribution in [3.63, 3.8) is 0 Å². The van der Waals surface area contributed by atoms with Crippen molar-refractivity contribution in [2.45, 2.75) is 13.5 Å². The average molecular weight is 315 g/mol. The van der Waals surface area contributed by atoms with E-state index in [0.717, 1.165) is 10.2 Å². The van der Waals surface area contributed by atoms with Gasteiger partial charge in [0, 0.05) is 9.35 Å². The number of hydrogen-bond donors (Lipinski definition) is 2. The highest BCUT2D eigenvalue weighted by Crippen LogP contribution is 2.26. The number of rotatable bonds is 3. The Kier molecular flexibility index (Phi) is 3.69. The second-order valence-corrected chi connectivity index (χ2v) is 5.59. The second-order valence-electron chi connectivity index (χ2n) is 3.73. The molecule has 2 nitrogen and oxygen atoms in total. The molecule has 0 unspecified atom stereocenters. The largest absolute Gasteiger partial charge is 0.397 e. The van der Waals surface area contributed by atoms with Crippen molar-refractivity contribution in [3.05, 3.63) is 44.3 Å². The zero-order valence-electron chi connectivity index (χ0n) is 9.26. The zero-order chi connectivity index (χ0) is 12.4. The lowest BCUT2D eigenvalue weighted by Gasteiger charge is -2.10. The van der Waals surface area contributed by atoms with Crippen LogP contribution < -0.4 is 11.1 Å². The van der Waals surface area contributed by atoms with Crippen molar-refractivity contribution in [2.24, 2.45) is 0 Å². The molecule has 0 radical (unpaired) electrons. The van der Waals surface area contributed by atoms with Crippen molar-refractivity contribution >= 4 is 38.6 Å². The summed E-state index contributed by atoms with van der Waals surface area (Å²) in [6, 6.07) is 5.08. The molecule has 2 aromatic rings. The van der Waals surface area contributed by atoms with E-state index in [4.69, 9.17) is 5.73 Å². The highest BCUT2D eigenvalue weighted by molar-refractivity contribution is 9.10. The zero-order valence-corrected chi connectivity index (χ0v) is 11.7. The Balaban J connectivity index is 2.14. The Morgan fingerprint density at radius 1 is 1.47 bits per heavy atom. The van der Waals surface area contributed by atoms with Crippen LogP contribution in [0, 0.1) is 12.7 Å². The molecule has 1 aromatic heterocycles. The van der Waals surface area contributed by atoms with Crippen LogP contribution in [0.1, 0.15) is 10.4 Å². The van der Waals surface area contributed by atoms with E-state index >= 15 is 0 Å². The van der Waals surface area contributed by atoms with Gasteiger partial charge in [-0.25, -0.2) is 4.39 Å². The summed E-state index contributed by atoms with van der Waals surface area (Å²) in [7, 11) is 0. The van der Waals surface area contributed by atoms with Gasteiger partial charge in [0.1, 0.15) is 5.82 Å². The summed E-state index contributed by atoms with van der Waals surface area (Å²) in [5.41, 5.74) is 7.55. The quantitative estimate of drug-likeness (QED) is 0.835. The van der Waals surface area contributed by atoms with Gasteiger partial charge in [0.25, 0.3) is 0 Å². The Morgan fingerprint density at radius 3 is 2.88 bits per heavy atom. The van der Waals surface area contributed by atoms with Crippen LogP contribution in [0.25, 0.3) is 0 Å². The smallest absolute Gasteiger partial charge is 0.128 e. The van der Waals surface area contributed by atoms with Crippen LogP contribution in [0.3, 0.4) is 0 Å². The van der Waals surface area contributed by atoms with E-state index in [0.29, 0.717) is 17.8 Å². The van der Waals surface area contributed by atoms with Crippen LogP contribution >= 0.6 is 27.3 Å². The van der Waals surface area contributed by atoms with Gasteiger partial charge in [0.15, 0.2) is 0 Å². The Labute approximate surface area is 112 Å². The van der Waals surface area contributed by atoms with E-state index in [9.17, 15) is 4.39 Å². The minimum atomic E-state index is -0.273. The average Bonchev–Trinajstić information content (AvgIpc) is 2.68. The normalized spacial score (nSPS) is 10.5. The molecular formula is C12H12BrFN2S. The third-order valence-corrected chi connectivity index (χ3v) is 4.39. The lowest BCUT2D eigenvalue weighted by Crippen LogP contribution is -2.03. The maximum atomic E-state index is 13.2. The van der Waals surface area contributed by atoms with Gasteiger partial charge in [-0.1, -0.05) is 0 Å². The predicted octanol–water partition coefficient (Wildman–Crippen LogP) is 4.15. The van der Waals surface area contributed by atoms with E-state index in [1.807, 2.05) is 11.4 Å². The number of anilines is 2. The maximum absolute atomic E-state index is 13.2. The summed E-state index contributed by atoms with van der Waals surface area (Å²) in [4.78, 5) is 1.19. The van der Waals surface area contributed by atoms with E-state index in [2.05, 4.69) is 21.2 Å². The molecule has 0 aliphatic heterocycles. The summed E-state index contributed by atoms with van der Waals surface area (Å²) in [6.45, 7) is 2.40. The molecule has 0 saturated carbocycles. The number of hydrogen-bond acceptors (Lipinski definition) is 3. The van der Waals surface area contributed by atoms with Crippen LogP contribution in [-0.2, 0) is 6.54 Å². The first-order valence-electron chi connectivity index (χ1n) is 5.09. The molecule has 0 amide bonds. The number of nitrogen functional groups attached to an aromatic ring is 1. The number of aryl methyl sites for hydroxylation is 1. The summed E-state index contributed by atoms with van der Waals surface area (Å²) in [5.74, 6) is -0.273. The van der Waals surface area contributed by atoms with E-state index < -0.39 is 0 Å². The molecule has 0 saturated heterocycles. The monoisotopic (exact) mass is 314 g/mol. The number of nitrogens with one attached hydrogen (secondary N) is 1. The molecule has 17 heavy (non-hydrogen) atoms. The fourth-order valence-corrected chi connectivity index (χ4v) is 2.91. The van der Waals surface area contributed by atoms with Crippen LogP contribution in [0.2, 0.25) is 0 Å². The first-order valence-corrected chi connectivity index (χ1v) is 6.76. The number of benzene rings is 1. The van der Waals surface area contributed by atoms with Gasteiger partial charge in [-0.15, -0.1) is 11.3 Å². The molecule has 1 aromatic carbocycles. The topological polar surface area (TPSA) is 38.0 Å². The lowest BCUT2D eigenvalue weighted by molar-refractivity contribution is 0.619. The summed E-state index contributed by atoms with van der Waals surface area (Å²) in [5, 5.41) is 5.23. The number of nitrogens with two attached hydrogens (primary N) is 1.